The Kier molecular flexibility index (Phi) is 8.18. The fourth-order valence-electron chi connectivity index (χ4n) is 4.33. The first-order valence-corrected chi connectivity index (χ1v) is 12.6. The van der Waals surface area contributed by atoms with Crippen LogP contribution >= 0.6 is 11.8 Å². The molecule has 0 unspecified atom stereocenters. The van der Waals surface area contributed by atoms with E-state index >= 15 is 0 Å². The summed E-state index contributed by atoms with van der Waals surface area (Å²) in [4.78, 5) is 14.9. The number of piperidine rings is 1. The fraction of sp³-hybridized carbons (Fsp3) is 0.542. The van der Waals surface area contributed by atoms with Gasteiger partial charge in [-0.15, -0.1) is 10.2 Å². The largest absolute Gasteiger partial charge is 0.355 e. The molecule has 0 atom stereocenters. The highest BCUT2D eigenvalue weighted by Gasteiger charge is 2.19. The molecule has 2 aliphatic rings. The molecule has 1 aromatic heterocycles. The van der Waals surface area contributed by atoms with Crippen LogP contribution in [0.2, 0.25) is 0 Å². The Morgan fingerprint density at radius 2 is 1.87 bits per heavy atom. The molecule has 166 valence electrons. The standard InChI is InChI=1S/C24H33N5OS/c30-23(25-15-14-20-10-4-1-5-11-20)19-31-24-27-26-22(18-28-16-8-3-9-17-28)29(24)21-12-6-2-7-13-21/h2,6-7,10,12-13H,1,3-5,8-9,11,14-19H2,(H,25,30). The predicted octanol–water partition coefficient (Wildman–Crippen LogP) is 4.35. The monoisotopic (exact) mass is 439 g/mol. The lowest BCUT2D eigenvalue weighted by Crippen LogP contribution is -2.30. The van der Waals surface area contributed by atoms with Gasteiger partial charge in [-0.25, -0.2) is 0 Å². The van der Waals surface area contributed by atoms with Gasteiger partial charge in [-0.2, -0.15) is 0 Å². The number of amides is 1. The van der Waals surface area contributed by atoms with Crippen LogP contribution in [0.3, 0.4) is 0 Å². The molecular weight excluding hydrogens is 406 g/mol. The van der Waals surface area contributed by atoms with Gasteiger partial charge < -0.3 is 5.32 Å². The highest BCUT2D eigenvalue weighted by Crippen LogP contribution is 2.24. The van der Waals surface area contributed by atoms with Crippen LogP contribution in [0.4, 0.5) is 0 Å². The summed E-state index contributed by atoms with van der Waals surface area (Å²) < 4.78 is 2.11. The number of hydrogen-bond donors (Lipinski definition) is 1. The van der Waals surface area contributed by atoms with E-state index in [-0.39, 0.29) is 5.91 Å². The molecule has 1 aromatic carbocycles. The summed E-state index contributed by atoms with van der Waals surface area (Å²) in [5, 5.41) is 12.8. The van der Waals surface area contributed by atoms with Crippen molar-refractivity contribution in [2.24, 2.45) is 0 Å². The minimum Gasteiger partial charge on any atom is -0.355 e. The molecule has 31 heavy (non-hydrogen) atoms. The molecule has 4 rings (SSSR count). The Bertz CT molecular complexity index is 873. The minimum atomic E-state index is 0.0570. The Hall–Kier alpha value is -2.12. The van der Waals surface area contributed by atoms with Crippen molar-refractivity contribution in [1.82, 2.24) is 25.0 Å². The van der Waals surface area contributed by atoms with Crippen LogP contribution in [-0.4, -0.2) is 51.0 Å². The molecule has 1 N–H and O–H groups in total. The summed E-state index contributed by atoms with van der Waals surface area (Å²) in [6, 6.07) is 10.2. The van der Waals surface area contributed by atoms with E-state index in [1.165, 1.54) is 62.3 Å². The molecule has 0 radical (unpaired) electrons. The smallest absolute Gasteiger partial charge is 0.230 e. The van der Waals surface area contributed by atoms with E-state index in [0.29, 0.717) is 5.75 Å². The van der Waals surface area contributed by atoms with E-state index in [1.54, 1.807) is 0 Å². The third-order valence-corrected chi connectivity index (χ3v) is 6.94. The first-order chi connectivity index (χ1) is 15.3. The zero-order valence-electron chi connectivity index (χ0n) is 18.3. The number of hydrogen-bond acceptors (Lipinski definition) is 5. The van der Waals surface area contributed by atoms with Gasteiger partial charge in [0.05, 0.1) is 12.3 Å². The number of aromatic nitrogens is 3. The van der Waals surface area contributed by atoms with E-state index < -0.39 is 0 Å². The van der Waals surface area contributed by atoms with Gasteiger partial charge in [0.25, 0.3) is 0 Å². The number of likely N-dealkylation sites (tertiary alicyclic amines) is 1. The molecule has 1 aliphatic carbocycles. The van der Waals surface area contributed by atoms with Crippen LogP contribution in [0, 0.1) is 0 Å². The van der Waals surface area contributed by atoms with E-state index in [1.807, 2.05) is 18.2 Å². The lowest BCUT2D eigenvalue weighted by molar-refractivity contribution is -0.118. The van der Waals surface area contributed by atoms with E-state index in [9.17, 15) is 4.79 Å². The van der Waals surface area contributed by atoms with Crippen LogP contribution in [-0.2, 0) is 11.3 Å². The molecule has 7 heteroatoms. The average Bonchev–Trinajstić information content (AvgIpc) is 3.22. The third-order valence-electron chi connectivity index (χ3n) is 6.01. The summed E-state index contributed by atoms with van der Waals surface area (Å²) in [5.74, 6) is 1.36. The van der Waals surface area contributed by atoms with Crippen LogP contribution in [0.5, 0.6) is 0 Å². The number of carbonyl (C=O) groups excluding carboxylic acids is 1. The second-order valence-electron chi connectivity index (χ2n) is 8.40. The zero-order chi connectivity index (χ0) is 21.3. The van der Waals surface area contributed by atoms with Crippen molar-refractivity contribution in [2.75, 3.05) is 25.4 Å². The maximum atomic E-state index is 12.4. The quantitative estimate of drug-likeness (QED) is 0.465. The van der Waals surface area contributed by atoms with Crippen molar-refractivity contribution >= 4 is 17.7 Å². The molecule has 1 fully saturated rings. The molecule has 6 nitrogen and oxygen atoms in total. The summed E-state index contributed by atoms with van der Waals surface area (Å²) in [5.41, 5.74) is 2.54. The number of thioether (sulfide) groups is 1. The van der Waals surface area contributed by atoms with Crippen molar-refractivity contribution in [3.63, 3.8) is 0 Å². The first kappa shape index (κ1) is 22.1. The molecule has 0 saturated carbocycles. The Balaban J connectivity index is 1.36. The molecular formula is C24H33N5OS. The van der Waals surface area contributed by atoms with Crippen LogP contribution in [0.1, 0.15) is 57.2 Å². The number of nitrogens with zero attached hydrogens (tertiary/aromatic N) is 4. The second-order valence-corrected chi connectivity index (χ2v) is 9.35. The van der Waals surface area contributed by atoms with Gasteiger partial charge in [0, 0.05) is 12.2 Å². The lowest BCUT2D eigenvalue weighted by Gasteiger charge is -2.26. The van der Waals surface area contributed by atoms with Crippen LogP contribution in [0.15, 0.2) is 47.1 Å². The van der Waals surface area contributed by atoms with Crippen LogP contribution < -0.4 is 5.32 Å². The molecule has 2 heterocycles. The zero-order valence-corrected chi connectivity index (χ0v) is 19.1. The van der Waals surface area contributed by atoms with Gasteiger partial charge in [0.1, 0.15) is 0 Å². The number of allylic oxidation sites excluding steroid dienone is 1. The Morgan fingerprint density at radius 3 is 2.65 bits per heavy atom. The van der Waals surface area contributed by atoms with Crippen molar-refractivity contribution in [2.45, 2.75) is 63.1 Å². The number of nitrogens with one attached hydrogen (secondary N) is 1. The molecule has 1 saturated heterocycles. The summed E-state index contributed by atoms with van der Waals surface area (Å²) in [6.07, 6.45) is 12.1. The van der Waals surface area contributed by atoms with Gasteiger partial charge in [0.2, 0.25) is 5.91 Å². The summed E-state index contributed by atoms with van der Waals surface area (Å²) in [6.45, 7) is 3.74. The number of para-hydroxylation sites is 1. The molecule has 1 aliphatic heterocycles. The van der Waals surface area contributed by atoms with Crippen LogP contribution in [0.25, 0.3) is 5.69 Å². The highest BCUT2D eigenvalue weighted by molar-refractivity contribution is 7.99. The summed E-state index contributed by atoms with van der Waals surface area (Å²) >= 11 is 1.46. The van der Waals surface area contributed by atoms with Gasteiger partial charge in [-0.1, -0.05) is 48.0 Å². The Morgan fingerprint density at radius 1 is 1.03 bits per heavy atom. The Labute approximate surface area is 189 Å². The number of carbonyl (C=O) groups is 1. The number of rotatable bonds is 9. The topological polar surface area (TPSA) is 63.1 Å². The van der Waals surface area contributed by atoms with Crippen molar-refractivity contribution in [3.8, 4) is 5.69 Å². The van der Waals surface area contributed by atoms with Gasteiger partial charge in [-0.05, 0) is 70.2 Å². The predicted molar refractivity (Wildman–Crippen MR) is 125 cm³/mol. The average molecular weight is 440 g/mol. The highest BCUT2D eigenvalue weighted by atomic mass is 32.2. The SMILES string of the molecule is O=C(CSc1nnc(CN2CCCCC2)n1-c1ccccc1)NCCC1=CCCCC1. The van der Waals surface area contributed by atoms with E-state index in [2.05, 4.69) is 43.2 Å². The van der Waals surface area contributed by atoms with Crippen molar-refractivity contribution in [1.29, 1.82) is 0 Å². The third kappa shape index (κ3) is 6.43. The molecule has 2 aromatic rings. The number of benzene rings is 1. The minimum absolute atomic E-state index is 0.0570. The van der Waals surface area contributed by atoms with Crippen molar-refractivity contribution < 1.29 is 4.79 Å². The first-order valence-electron chi connectivity index (χ1n) is 11.6. The summed E-state index contributed by atoms with van der Waals surface area (Å²) in [7, 11) is 0. The molecule has 0 bridgehead atoms. The maximum Gasteiger partial charge on any atom is 0.230 e. The molecule has 1 amide bonds. The lowest BCUT2D eigenvalue weighted by atomic mass is 9.97. The van der Waals surface area contributed by atoms with Crippen molar-refractivity contribution in [3.05, 3.63) is 47.8 Å². The fourth-order valence-corrected chi connectivity index (χ4v) is 5.13. The van der Waals surface area contributed by atoms with E-state index in [0.717, 1.165) is 49.3 Å². The van der Waals surface area contributed by atoms with E-state index in [4.69, 9.17) is 0 Å². The second kappa shape index (κ2) is 11.5. The maximum absolute atomic E-state index is 12.4. The normalized spacial score (nSPS) is 17.4. The van der Waals surface area contributed by atoms with Gasteiger partial charge in [-0.3, -0.25) is 14.3 Å². The van der Waals surface area contributed by atoms with Gasteiger partial charge in [0.15, 0.2) is 11.0 Å². The molecule has 0 spiro atoms. The van der Waals surface area contributed by atoms with Gasteiger partial charge >= 0.3 is 0 Å².